The summed E-state index contributed by atoms with van der Waals surface area (Å²) in [5.74, 6) is -0.520. The van der Waals surface area contributed by atoms with Crippen LogP contribution in [0.15, 0.2) is 115 Å². The molecule has 0 radical (unpaired) electrons. The first-order chi connectivity index (χ1) is 16.2. The number of anilines is 1. The number of hydrogen-bond acceptors (Lipinski definition) is 2. The number of rotatable bonds is 8. The fourth-order valence-corrected chi connectivity index (χ4v) is 3.72. The van der Waals surface area contributed by atoms with E-state index in [4.69, 9.17) is 0 Å². The van der Waals surface area contributed by atoms with Crippen LogP contribution in [0.4, 0.5) is 5.69 Å². The molecule has 0 bridgehead atoms. The van der Waals surface area contributed by atoms with Crippen molar-refractivity contribution in [2.45, 2.75) is 18.9 Å². The van der Waals surface area contributed by atoms with Crippen molar-refractivity contribution in [1.82, 2.24) is 5.32 Å². The molecule has 2 amide bonds. The van der Waals surface area contributed by atoms with E-state index in [9.17, 15) is 9.59 Å². The van der Waals surface area contributed by atoms with E-state index in [-0.39, 0.29) is 11.8 Å². The van der Waals surface area contributed by atoms with Gasteiger partial charge in [0, 0.05) is 17.7 Å². The van der Waals surface area contributed by atoms with Gasteiger partial charge in [0.25, 0.3) is 5.91 Å². The van der Waals surface area contributed by atoms with E-state index < -0.39 is 6.04 Å². The third kappa shape index (κ3) is 6.17. The topological polar surface area (TPSA) is 58.2 Å². The molecule has 4 heteroatoms. The average molecular weight is 435 g/mol. The number of para-hydroxylation sites is 1. The third-order valence-electron chi connectivity index (χ3n) is 5.45. The normalized spacial score (nSPS) is 11.4. The van der Waals surface area contributed by atoms with Gasteiger partial charge < -0.3 is 10.6 Å². The highest BCUT2D eigenvalue weighted by atomic mass is 16.2. The van der Waals surface area contributed by atoms with Gasteiger partial charge in [0.15, 0.2) is 0 Å². The van der Waals surface area contributed by atoms with Gasteiger partial charge in [-0.3, -0.25) is 9.59 Å². The summed E-state index contributed by atoms with van der Waals surface area (Å²) in [6, 6.07) is 35.8. The Morgan fingerprint density at radius 3 is 1.85 bits per heavy atom. The summed E-state index contributed by atoms with van der Waals surface area (Å²) in [5.41, 5.74) is 4.43. The molecule has 0 aliphatic carbocycles. The van der Waals surface area contributed by atoms with Crippen molar-refractivity contribution >= 4 is 17.5 Å². The van der Waals surface area contributed by atoms with Crippen molar-refractivity contribution in [1.29, 1.82) is 0 Å². The van der Waals surface area contributed by atoms with Crippen molar-refractivity contribution in [2.24, 2.45) is 0 Å². The van der Waals surface area contributed by atoms with Crippen LogP contribution in [0.2, 0.25) is 0 Å². The second kappa shape index (κ2) is 10.9. The molecule has 0 aliphatic heterocycles. The lowest BCUT2D eigenvalue weighted by Crippen LogP contribution is -2.45. The van der Waals surface area contributed by atoms with Crippen LogP contribution in [0, 0.1) is 0 Å². The van der Waals surface area contributed by atoms with Gasteiger partial charge in [0.2, 0.25) is 5.91 Å². The Morgan fingerprint density at radius 2 is 1.18 bits per heavy atom. The van der Waals surface area contributed by atoms with Crippen LogP contribution in [0.5, 0.6) is 0 Å². The number of benzene rings is 4. The largest absolute Gasteiger partial charge is 0.340 e. The second-order valence-electron chi connectivity index (χ2n) is 7.89. The smallest absolute Gasteiger partial charge is 0.251 e. The van der Waals surface area contributed by atoms with E-state index in [1.54, 1.807) is 24.3 Å². The van der Waals surface area contributed by atoms with E-state index >= 15 is 0 Å². The summed E-state index contributed by atoms with van der Waals surface area (Å²) in [6.07, 6.45) is 1.10. The van der Waals surface area contributed by atoms with Crippen molar-refractivity contribution in [3.8, 4) is 0 Å². The predicted molar refractivity (Wildman–Crippen MR) is 132 cm³/mol. The quantitative estimate of drug-likeness (QED) is 0.398. The highest BCUT2D eigenvalue weighted by molar-refractivity contribution is 6.01. The van der Waals surface area contributed by atoms with E-state index in [0.29, 0.717) is 18.4 Å². The van der Waals surface area contributed by atoms with E-state index in [0.717, 1.165) is 22.4 Å². The molecule has 4 rings (SSSR count). The summed E-state index contributed by atoms with van der Waals surface area (Å²) in [6.45, 7) is 0. The van der Waals surface area contributed by atoms with Crippen LogP contribution < -0.4 is 10.6 Å². The van der Waals surface area contributed by atoms with Crippen LogP contribution >= 0.6 is 0 Å². The zero-order valence-electron chi connectivity index (χ0n) is 18.3. The zero-order valence-corrected chi connectivity index (χ0v) is 18.3. The molecular formula is C29H26N2O2. The van der Waals surface area contributed by atoms with Crippen LogP contribution in [-0.2, 0) is 17.6 Å². The van der Waals surface area contributed by atoms with E-state index in [1.165, 1.54) is 0 Å². The van der Waals surface area contributed by atoms with Crippen molar-refractivity contribution < 1.29 is 9.59 Å². The molecule has 0 heterocycles. The fraction of sp³-hybridized carbons (Fsp3) is 0.103. The second-order valence-corrected chi connectivity index (χ2v) is 7.89. The highest BCUT2D eigenvalue weighted by Gasteiger charge is 2.23. The lowest BCUT2D eigenvalue weighted by molar-refractivity contribution is -0.118. The first kappa shape index (κ1) is 22.0. The van der Waals surface area contributed by atoms with Crippen molar-refractivity contribution in [3.05, 3.63) is 138 Å². The molecule has 0 saturated carbocycles. The lowest BCUT2D eigenvalue weighted by atomic mass is 10.0. The van der Waals surface area contributed by atoms with Crippen LogP contribution in [0.25, 0.3) is 0 Å². The maximum Gasteiger partial charge on any atom is 0.251 e. The Hall–Kier alpha value is -4.18. The van der Waals surface area contributed by atoms with Crippen LogP contribution in [0.1, 0.15) is 27.0 Å². The van der Waals surface area contributed by atoms with Gasteiger partial charge in [-0.1, -0.05) is 97.1 Å². The number of carbonyl (C=O) groups excluding carboxylic acids is 2. The van der Waals surface area contributed by atoms with Gasteiger partial charge in [-0.2, -0.15) is 0 Å². The van der Waals surface area contributed by atoms with Gasteiger partial charge in [-0.05, 0) is 41.3 Å². The van der Waals surface area contributed by atoms with Gasteiger partial charge in [0.05, 0.1) is 0 Å². The molecule has 4 nitrogen and oxygen atoms in total. The lowest BCUT2D eigenvalue weighted by Gasteiger charge is -2.20. The predicted octanol–water partition coefficient (Wildman–Crippen LogP) is 5.26. The first-order valence-corrected chi connectivity index (χ1v) is 11.0. The van der Waals surface area contributed by atoms with Gasteiger partial charge in [-0.25, -0.2) is 0 Å². The summed E-state index contributed by atoms with van der Waals surface area (Å²) in [7, 11) is 0. The zero-order chi connectivity index (χ0) is 22.9. The van der Waals surface area contributed by atoms with Gasteiger partial charge >= 0.3 is 0 Å². The van der Waals surface area contributed by atoms with Crippen LogP contribution in [0.3, 0.4) is 0 Å². The van der Waals surface area contributed by atoms with E-state index in [2.05, 4.69) is 22.8 Å². The first-order valence-electron chi connectivity index (χ1n) is 11.0. The van der Waals surface area contributed by atoms with E-state index in [1.807, 2.05) is 78.9 Å². The Bertz CT molecular complexity index is 1190. The van der Waals surface area contributed by atoms with Crippen molar-refractivity contribution in [2.75, 3.05) is 5.32 Å². The minimum absolute atomic E-state index is 0.247. The molecule has 0 saturated heterocycles. The maximum atomic E-state index is 13.4. The fourth-order valence-electron chi connectivity index (χ4n) is 3.72. The number of carbonyl (C=O) groups is 2. The molecule has 164 valence electrons. The Balaban J connectivity index is 1.54. The Morgan fingerprint density at radius 1 is 0.636 bits per heavy atom. The summed E-state index contributed by atoms with van der Waals surface area (Å²) in [5, 5.41) is 5.97. The molecular weight excluding hydrogens is 408 g/mol. The summed E-state index contributed by atoms with van der Waals surface area (Å²) in [4.78, 5) is 26.2. The molecule has 1 unspecified atom stereocenters. The van der Waals surface area contributed by atoms with Crippen molar-refractivity contribution in [3.63, 3.8) is 0 Å². The molecule has 0 aromatic heterocycles. The summed E-state index contributed by atoms with van der Waals surface area (Å²) < 4.78 is 0. The molecule has 0 spiro atoms. The van der Waals surface area contributed by atoms with Crippen LogP contribution in [-0.4, -0.2) is 17.9 Å². The SMILES string of the molecule is O=C(NC(Cc1ccccc1)C(=O)Nc1ccccc1Cc1ccccc1)c1ccccc1. The van der Waals surface area contributed by atoms with Gasteiger partial charge in [0.1, 0.15) is 6.04 Å². The highest BCUT2D eigenvalue weighted by Crippen LogP contribution is 2.20. The summed E-state index contributed by atoms with van der Waals surface area (Å²) >= 11 is 0. The molecule has 4 aromatic carbocycles. The molecule has 1 atom stereocenters. The molecule has 33 heavy (non-hydrogen) atoms. The maximum absolute atomic E-state index is 13.4. The molecule has 2 N–H and O–H groups in total. The molecule has 0 aliphatic rings. The number of amides is 2. The molecule has 0 fully saturated rings. The number of hydrogen-bond donors (Lipinski definition) is 2. The molecule has 4 aromatic rings. The Kier molecular flexibility index (Phi) is 7.29. The standard InChI is InChI=1S/C29H26N2O2/c32-28(24-16-8-3-9-17-24)31-27(21-23-14-6-2-7-15-23)29(33)30-26-19-11-10-18-25(26)20-22-12-4-1-5-13-22/h1-19,27H,20-21H2,(H,30,33)(H,31,32). The minimum Gasteiger partial charge on any atom is -0.340 e. The third-order valence-corrected chi connectivity index (χ3v) is 5.45. The average Bonchev–Trinajstić information content (AvgIpc) is 2.86. The monoisotopic (exact) mass is 434 g/mol. The number of nitrogens with one attached hydrogen (secondary N) is 2. The van der Waals surface area contributed by atoms with Gasteiger partial charge in [-0.15, -0.1) is 0 Å². The minimum atomic E-state index is -0.718. The Labute approximate surface area is 194 Å².